The van der Waals surface area contributed by atoms with Crippen LogP contribution in [0.3, 0.4) is 0 Å². The second-order valence-corrected chi connectivity index (χ2v) is 6.87. The Morgan fingerprint density at radius 3 is 2.36 bits per heavy atom. The highest BCUT2D eigenvalue weighted by Gasteiger charge is 2.21. The van der Waals surface area contributed by atoms with Crippen LogP contribution in [0.5, 0.6) is 0 Å². The summed E-state index contributed by atoms with van der Waals surface area (Å²) < 4.78 is 4.82. The largest absolute Gasteiger partial charge is 0.293 e. The van der Waals surface area contributed by atoms with E-state index >= 15 is 0 Å². The summed E-state index contributed by atoms with van der Waals surface area (Å²) in [6.45, 7) is 3.53. The van der Waals surface area contributed by atoms with Gasteiger partial charge in [-0.15, -0.1) is 0 Å². The fourth-order valence-electron chi connectivity index (χ4n) is 3.19. The SMILES string of the molecule is CC(=O)c1c(-c2ccc(Br)cc2)cc2n(-c3ccccc3)c(C)nn12. The van der Waals surface area contributed by atoms with Crippen molar-refractivity contribution in [2.75, 3.05) is 0 Å². The molecule has 4 nitrogen and oxygen atoms in total. The van der Waals surface area contributed by atoms with E-state index in [0.717, 1.165) is 32.8 Å². The highest BCUT2D eigenvalue weighted by Crippen LogP contribution is 2.30. The lowest BCUT2D eigenvalue weighted by Gasteiger charge is -2.04. The van der Waals surface area contributed by atoms with Gasteiger partial charge in [0.15, 0.2) is 5.78 Å². The molecule has 2 heterocycles. The molecule has 0 aliphatic rings. The fraction of sp³-hybridized carbons (Fsp3) is 0.100. The van der Waals surface area contributed by atoms with Gasteiger partial charge in [-0.05, 0) is 42.8 Å². The quantitative estimate of drug-likeness (QED) is 0.456. The van der Waals surface area contributed by atoms with Gasteiger partial charge in [-0.1, -0.05) is 46.3 Å². The third-order valence-electron chi connectivity index (χ3n) is 4.26. The Morgan fingerprint density at radius 1 is 1.04 bits per heavy atom. The zero-order valence-corrected chi connectivity index (χ0v) is 15.5. The summed E-state index contributed by atoms with van der Waals surface area (Å²) in [6.07, 6.45) is 0. The Hall–Kier alpha value is -2.66. The average Bonchev–Trinajstić information content (AvgIpc) is 3.10. The van der Waals surface area contributed by atoms with Crippen LogP contribution in [-0.2, 0) is 0 Å². The minimum absolute atomic E-state index is 0.00405. The number of aromatic nitrogens is 3. The Labute approximate surface area is 153 Å². The third kappa shape index (κ3) is 2.61. The zero-order valence-electron chi connectivity index (χ0n) is 13.9. The predicted molar refractivity (Wildman–Crippen MR) is 102 cm³/mol. The van der Waals surface area contributed by atoms with Gasteiger partial charge >= 0.3 is 0 Å². The fourth-order valence-corrected chi connectivity index (χ4v) is 3.45. The lowest BCUT2D eigenvalue weighted by molar-refractivity contribution is 0.101. The Morgan fingerprint density at radius 2 is 1.72 bits per heavy atom. The summed E-state index contributed by atoms with van der Waals surface area (Å²) in [4.78, 5) is 12.4. The van der Waals surface area contributed by atoms with Crippen molar-refractivity contribution in [3.63, 3.8) is 0 Å². The van der Waals surface area contributed by atoms with Gasteiger partial charge in [-0.2, -0.15) is 5.10 Å². The van der Waals surface area contributed by atoms with Gasteiger partial charge in [0.2, 0.25) is 0 Å². The van der Waals surface area contributed by atoms with Crippen LogP contribution in [0.2, 0.25) is 0 Å². The minimum Gasteiger partial charge on any atom is -0.293 e. The molecule has 5 heteroatoms. The van der Waals surface area contributed by atoms with Crippen LogP contribution in [0.4, 0.5) is 0 Å². The molecule has 4 rings (SSSR count). The van der Waals surface area contributed by atoms with Crippen molar-refractivity contribution in [2.24, 2.45) is 0 Å². The number of aryl methyl sites for hydroxylation is 1. The number of hydrogen-bond acceptors (Lipinski definition) is 2. The van der Waals surface area contributed by atoms with Gasteiger partial charge in [0.25, 0.3) is 0 Å². The van der Waals surface area contributed by atoms with E-state index in [1.54, 1.807) is 11.4 Å². The molecule has 2 aromatic carbocycles. The van der Waals surface area contributed by atoms with Crippen LogP contribution in [0.1, 0.15) is 23.2 Å². The molecule has 0 aliphatic heterocycles. The summed E-state index contributed by atoms with van der Waals surface area (Å²) >= 11 is 3.46. The number of benzene rings is 2. The first-order valence-corrected chi connectivity index (χ1v) is 8.79. The predicted octanol–water partition coefficient (Wildman–Crippen LogP) is 5.07. The summed E-state index contributed by atoms with van der Waals surface area (Å²) in [5, 5.41) is 4.62. The van der Waals surface area contributed by atoms with Gasteiger partial charge < -0.3 is 0 Å². The number of carbonyl (C=O) groups excluding carboxylic acids is 1. The van der Waals surface area contributed by atoms with Gasteiger partial charge in [-0.25, -0.2) is 4.52 Å². The molecule has 0 bridgehead atoms. The van der Waals surface area contributed by atoms with Gasteiger partial charge in [0, 0.05) is 22.6 Å². The molecule has 25 heavy (non-hydrogen) atoms. The first-order chi connectivity index (χ1) is 12.1. The molecule has 0 amide bonds. The Bertz CT molecular complexity index is 1080. The highest BCUT2D eigenvalue weighted by molar-refractivity contribution is 9.10. The number of carbonyl (C=O) groups is 1. The summed E-state index contributed by atoms with van der Waals surface area (Å²) in [5.74, 6) is 0.835. The van der Waals surface area contributed by atoms with Crippen LogP contribution in [0.25, 0.3) is 22.5 Å². The van der Waals surface area contributed by atoms with E-state index in [9.17, 15) is 4.79 Å². The number of rotatable bonds is 3. The number of Topliss-reactive ketones (excluding diaryl/α,β-unsaturated/α-hetero) is 1. The number of ketones is 1. The molecule has 0 saturated heterocycles. The second-order valence-electron chi connectivity index (χ2n) is 5.96. The number of hydrogen-bond donors (Lipinski definition) is 0. The third-order valence-corrected chi connectivity index (χ3v) is 4.79. The second kappa shape index (κ2) is 6.01. The van der Waals surface area contributed by atoms with Gasteiger partial charge in [-0.3, -0.25) is 9.36 Å². The van der Waals surface area contributed by atoms with E-state index in [2.05, 4.69) is 25.6 Å². The van der Waals surface area contributed by atoms with E-state index < -0.39 is 0 Å². The van der Waals surface area contributed by atoms with Crippen molar-refractivity contribution in [1.29, 1.82) is 0 Å². The lowest BCUT2D eigenvalue weighted by Crippen LogP contribution is -2.01. The molecular formula is C20H16BrN3O. The monoisotopic (exact) mass is 393 g/mol. The smallest absolute Gasteiger partial charge is 0.178 e. The highest BCUT2D eigenvalue weighted by atomic mass is 79.9. The number of para-hydroxylation sites is 1. The number of fused-ring (bicyclic) bond motifs is 1. The van der Waals surface area contributed by atoms with Crippen LogP contribution in [0.15, 0.2) is 65.1 Å². The first-order valence-electron chi connectivity index (χ1n) is 7.99. The van der Waals surface area contributed by atoms with Gasteiger partial charge in [0.1, 0.15) is 17.2 Å². The zero-order chi connectivity index (χ0) is 17.6. The Kier molecular flexibility index (Phi) is 3.81. The molecule has 0 unspecified atom stereocenters. The summed E-state index contributed by atoms with van der Waals surface area (Å²) in [5.41, 5.74) is 4.41. The van der Waals surface area contributed by atoms with Crippen LogP contribution < -0.4 is 0 Å². The number of halogens is 1. The van der Waals surface area contributed by atoms with Gasteiger partial charge in [0.05, 0.1) is 0 Å². The summed E-state index contributed by atoms with van der Waals surface area (Å²) in [6, 6.07) is 20.0. The molecule has 0 aliphatic carbocycles. The molecule has 0 fully saturated rings. The first kappa shape index (κ1) is 15.8. The summed E-state index contributed by atoms with van der Waals surface area (Å²) in [7, 11) is 0. The maximum absolute atomic E-state index is 12.4. The lowest BCUT2D eigenvalue weighted by atomic mass is 10.0. The molecule has 124 valence electrons. The van der Waals surface area contributed by atoms with Crippen molar-refractivity contribution >= 4 is 27.4 Å². The van der Waals surface area contributed by atoms with E-state index in [4.69, 9.17) is 0 Å². The van der Waals surface area contributed by atoms with Crippen molar-refractivity contribution < 1.29 is 4.79 Å². The van der Waals surface area contributed by atoms with Crippen LogP contribution in [-0.4, -0.2) is 20.0 Å². The van der Waals surface area contributed by atoms with Crippen molar-refractivity contribution in [3.8, 4) is 16.8 Å². The molecule has 0 radical (unpaired) electrons. The molecule has 0 saturated carbocycles. The normalized spacial score (nSPS) is 11.2. The van der Waals surface area contributed by atoms with Crippen LogP contribution in [0, 0.1) is 6.92 Å². The molecule has 0 N–H and O–H groups in total. The maximum atomic E-state index is 12.4. The topological polar surface area (TPSA) is 39.3 Å². The molecule has 0 atom stereocenters. The molecule has 0 spiro atoms. The van der Waals surface area contributed by atoms with E-state index in [1.165, 1.54) is 0 Å². The van der Waals surface area contributed by atoms with Crippen molar-refractivity contribution in [1.82, 2.24) is 14.2 Å². The average molecular weight is 394 g/mol. The minimum atomic E-state index is -0.00405. The molecular weight excluding hydrogens is 378 g/mol. The van der Waals surface area contributed by atoms with Crippen molar-refractivity contribution in [2.45, 2.75) is 13.8 Å². The maximum Gasteiger partial charge on any atom is 0.178 e. The van der Waals surface area contributed by atoms with E-state index in [-0.39, 0.29) is 5.78 Å². The molecule has 2 aromatic heterocycles. The van der Waals surface area contributed by atoms with Crippen LogP contribution >= 0.6 is 15.9 Å². The number of nitrogens with zero attached hydrogens (tertiary/aromatic N) is 3. The van der Waals surface area contributed by atoms with E-state index in [1.807, 2.05) is 67.6 Å². The standard InChI is InChI=1S/C20H16BrN3O/c1-13(25)20-18(15-8-10-16(21)11-9-15)12-19-23(14(2)22-24(19)20)17-6-4-3-5-7-17/h3-12H,1-2H3. The van der Waals surface area contributed by atoms with Crippen molar-refractivity contribution in [3.05, 3.63) is 76.7 Å². The van der Waals surface area contributed by atoms with E-state index in [0.29, 0.717) is 5.69 Å². The Balaban J connectivity index is 2.02. The molecule has 4 aromatic rings.